The highest BCUT2D eigenvalue weighted by Crippen LogP contribution is 2.44. The van der Waals surface area contributed by atoms with Crippen LogP contribution in [0, 0.1) is 11.2 Å². The number of nitrogens with one attached hydrogen (secondary N) is 2. The Morgan fingerprint density at radius 3 is 2.76 bits per heavy atom. The van der Waals surface area contributed by atoms with E-state index >= 15 is 0 Å². The van der Waals surface area contributed by atoms with Gasteiger partial charge in [-0.2, -0.15) is 0 Å². The lowest BCUT2D eigenvalue weighted by molar-refractivity contribution is 0.435. The van der Waals surface area contributed by atoms with Crippen LogP contribution >= 0.6 is 11.6 Å². The van der Waals surface area contributed by atoms with Crippen molar-refractivity contribution in [1.82, 2.24) is 10.6 Å². The molecule has 0 bridgehead atoms. The summed E-state index contributed by atoms with van der Waals surface area (Å²) in [5.41, 5.74) is 1.03. The lowest BCUT2D eigenvalue weighted by Gasteiger charge is -2.15. The van der Waals surface area contributed by atoms with E-state index in [1.165, 1.54) is 18.9 Å². The predicted molar refractivity (Wildman–Crippen MR) is 68.7 cm³/mol. The van der Waals surface area contributed by atoms with Crippen LogP contribution in [0.15, 0.2) is 18.2 Å². The van der Waals surface area contributed by atoms with Crippen LogP contribution in [0.2, 0.25) is 5.02 Å². The highest BCUT2D eigenvalue weighted by molar-refractivity contribution is 6.30. The molecule has 0 radical (unpaired) electrons. The Bertz CT molecular complexity index is 391. The van der Waals surface area contributed by atoms with E-state index in [2.05, 4.69) is 10.6 Å². The van der Waals surface area contributed by atoms with Gasteiger partial charge >= 0.3 is 0 Å². The van der Waals surface area contributed by atoms with Crippen molar-refractivity contribution in [2.24, 2.45) is 5.41 Å². The Balaban J connectivity index is 1.84. The number of hydrogen-bond donors (Lipinski definition) is 2. The van der Waals surface area contributed by atoms with E-state index in [9.17, 15) is 4.39 Å². The molecule has 17 heavy (non-hydrogen) atoms. The predicted octanol–water partition coefficient (Wildman–Crippen LogP) is 2.57. The molecule has 1 aromatic rings. The number of halogens is 2. The van der Waals surface area contributed by atoms with Gasteiger partial charge in [0.1, 0.15) is 5.82 Å². The Morgan fingerprint density at radius 2 is 2.12 bits per heavy atom. The van der Waals surface area contributed by atoms with Gasteiger partial charge in [0.25, 0.3) is 0 Å². The quantitative estimate of drug-likeness (QED) is 0.818. The van der Waals surface area contributed by atoms with Gasteiger partial charge in [0, 0.05) is 30.2 Å². The molecule has 0 saturated heterocycles. The molecule has 0 aliphatic heterocycles. The van der Waals surface area contributed by atoms with Crippen molar-refractivity contribution in [3.05, 3.63) is 34.6 Å². The Kier molecular flexibility index (Phi) is 4.02. The van der Waals surface area contributed by atoms with Gasteiger partial charge in [0.05, 0.1) is 0 Å². The minimum atomic E-state index is -0.194. The van der Waals surface area contributed by atoms with E-state index < -0.39 is 0 Å². The third-order valence-corrected chi connectivity index (χ3v) is 3.57. The van der Waals surface area contributed by atoms with E-state index in [0.717, 1.165) is 13.1 Å². The Hall–Kier alpha value is -0.640. The van der Waals surface area contributed by atoms with Crippen molar-refractivity contribution in [1.29, 1.82) is 0 Å². The first-order valence-electron chi connectivity index (χ1n) is 5.94. The Morgan fingerprint density at radius 1 is 1.35 bits per heavy atom. The summed E-state index contributed by atoms with van der Waals surface area (Å²) in [6.07, 6.45) is 2.50. The zero-order valence-corrected chi connectivity index (χ0v) is 10.8. The average molecular weight is 257 g/mol. The van der Waals surface area contributed by atoms with Crippen LogP contribution in [-0.2, 0) is 6.54 Å². The lowest BCUT2D eigenvalue weighted by Crippen LogP contribution is -2.31. The third kappa shape index (κ3) is 3.41. The molecule has 4 heteroatoms. The molecule has 1 saturated carbocycles. The molecule has 1 aromatic carbocycles. The highest BCUT2D eigenvalue weighted by Gasteiger charge is 2.41. The summed E-state index contributed by atoms with van der Waals surface area (Å²) >= 11 is 5.84. The smallest absolute Gasteiger partial charge is 0.127 e. The van der Waals surface area contributed by atoms with Crippen molar-refractivity contribution in [2.45, 2.75) is 19.4 Å². The summed E-state index contributed by atoms with van der Waals surface area (Å²) in [5.74, 6) is -0.194. The van der Waals surface area contributed by atoms with Gasteiger partial charge in [0.15, 0.2) is 0 Å². The molecule has 0 spiro atoms. The fraction of sp³-hybridized carbons (Fsp3) is 0.538. The zero-order valence-electron chi connectivity index (χ0n) is 10.0. The maximum absolute atomic E-state index is 13.4. The van der Waals surface area contributed by atoms with Gasteiger partial charge in [0.2, 0.25) is 0 Å². The highest BCUT2D eigenvalue weighted by atomic mass is 35.5. The van der Waals surface area contributed by atoms with E-state index in [4.69, 9.17) is 11.6 Å². The average Bonchev–Trinajstić information content (AvgIpc) is 3.04. The molecule has 1 aliphatic rings. The molecular weight excluding hydrogens is 239 g/mol. The molecule has 1 aliphatic carbocycles. The van der Waals surface area contributed by atoms with Crippen molar-refractivity contribution in [2.75, 3.05) is 20.1 Å². The molecule has 2 nitrogen and oxygen atoms in total. The minimum absolute atomic E-state index is 0.194. The third-order valence-electron chi connectivity index (χ3n) is 3.33. The second kappa shape index (κ2) is 5.34. The molecular formula is C13H18ClFN2. The van der Waals surface area contributed by atoms with E-state index in [1.807, 2.05) is 7.05 Å². The van der Waals surface area contributed by atoms with Gasteiger partial charge in [-0.25, -0.2) is 4.39 Å². The topological polar surface area (TPSA) is 24.1 Å². The summed E-state index contributed by atoms with van der Waals surface area (Å²) in [6.45, 7) is 2.50. The standard InChI is InChI=1S/C13H18ClFN2/c1-16-8-13(4-5-13)9-17-7-10-6-11(14)2-3-12(10)15/h2-3,6,16-17H,4-5,7-9H2,1H3. The van der Waals surface area contributed by atoms with Crippen LogP contribution in [-0.4, -0.2) is 20.1 Å². The summed E-state index contributed by atoms with van der Waals surface area (Å²) < 4.78 is 13.4. The maximum atomic E-state index is 13.4. The van der Waals surface area contributed by atoms with E-state index in [1.54, 1.807) is 12.1 Å². The second-order valence-corrected chi connectivity index (χ2v) is 5.31. The molecule has 94 valence electrons. The van der Waals surface area contributed by atoms with Gasteiger partial charge in [-0.1, -0.05) is 11.6 Å². The molecule has 2 rings (SSSR count). The number of benzene rings is 1. The molecule has 0 unspecified atom stereocenters. The van der Waals surface area contributed by atoms with Crippen molar-refractivity contribution >= 4 is 11.6 Å². The first-order valence-corrected chi connectivity index (χ1v) is 6.32. The molecule has 1 fully saturated rings. The van der Waals surface area contributed by atoms with Crippen LogP contribution in [0.5, 0.6) is 0 Å². The first-order chi connectivity index (χ1) is 8.15. The van der Waals surface area contributed by atoms with Gasteiger partial charge in [-0.15, -0.1) is 0 Å². The molecule has 0 atom stereocenters. The van der Waals surface area contributed by atoms with Crippen LogP contribution in [0.3, 0.4) is 0 Å². The minimum Gasteiger partial charge on any atom is -0.319 e. The zero-order chi connectivity index (χ0) is 12.3. The summed E-state index contributed by atoms with van der Waals surface area (Å²) in [6, 6.07) is 4.67. The normalized spacial score (nSPS) is 17.1. The van der Waals surface area contributed by atoms with Gasteiger partial charge in [-0.05, 0) is 43.5 Å². The van der Waals surface area contributed by atoms with Crippen molar-refractivity contribution in [3.63, 3.8) is 0 Å². The van der Waals surface area contributed by atoms with Crippen LogP contribution < -0.4 is 10.6 Å². The first kappa shape index (κ1) is 12.8. The largest absolute Gasteiger partial charge is 0.319 e. The monoisotopic (exact) mass is 256 g/mol. The number of rotatable bonds is 6. The SMILES string of the molecule is CNCC1(CNCc2cc(Cl)ccc2F)CC1. The lowest BCUT2D eigenvalue weighted by atomic mass is 10.1. The molecule has 0 heterocycles. The van der Waals surface area contributed by atoms with Crippen LogP contribution in [0.4, 0.5) is 4.39 Å². The summed E-state index contributed by atoms with van der Waals surface area (Å²) in [7, 11) is 1.97. The Labute approximate surface area is 107 Å². The maximum Gasteiger partial charge on any atom is 0.127 e. The van der Waals surface area contributed by atoms with Gasteiger partial charge < -0.3 is 10.6 Å². The van der Waals surface area contributed by atoms with Gasteiger partial charge in [-0.3, -0.25) is 0 Å². The molecule has 0 aromatic heterocycles. The van der Waals surface area contributed by atoms with Crippen LogP contribution in [0.1, 0.15) is 18.4 Å². The fourth-order valence-electron chi connectivity index (χ4n) is 2.11. The second-order valence-electron chi connectivity index (χ2n) is 4.87. The van der Waals surface area contributed by atoms with E-state index in [0.29, 0.717) is 22.5 Å². The van der Waals surface area contributed by atoms with Crippen molar-refractivity contribution in [3.8, 4) is 0 Å². The summed E-state index contributed by atoms with van der Waals surface area (Å²) in [4.78, 5) is 0. The van der Waals surface area contributed by atoms with Crippen molar-refractivity contribution < 1.29 is 4.39 Å². The molecule has 0 amide bonds. The van der Waals surface area contributed by atoms with E-state index in [-0.39, 0.29) is 5.82 Å². The number of hydrogen-bond acceptors (Lipinski definition) is 2. The molecule has 2 N–H and O–H groups in total. The fourth-order valence-corrected chi connectivity index (χ4v) is 2.30. The summed E-state index contributed by atoms with van der Waals surface area (Å²) in [5, 5.41) is 7.11. The van der Waals surface area contributed by atoms with Crippen LogP contribution in [0.25, 0.3) is 0 Å².